The molecule has 120 valence electrons. The first-order valence-corrected chi connectivity index (χ1v) is 7.19. The second-order valence-electron chi connectivity index (χ2n) is 5.43. The summed E-state index contributed by atoms with van der Waals surface area (Å²) in [5, 5.41) is 2.68. The van der Waals surface area contributed by atoms with Gasteiger partial charge in [-0.2, -0.15) is 0 Å². The Balaban J connectivity index is 1.95. The normalized spacial score (nSPS) is 21.0. The summed E-state index contributed by atoms with van der Waals surface area (Å²) in [4.78, 5) is 30.0. The Kier molecular flexibility index (Phi) is 3.60. The molecule has 3 rings (SSSR count). The summed E-state index contributed by atoms with van der Waals surface area (Å²) < 4.78 is 18.3. The third kappa shape index (κ3) is 2.46. The number of oxazole rings is 1. The second-order valence-corrected chi connectivity index (χ2v) is 5.83. The van der Waals surface area contributed by atoms with Crippen LogP contribution in [0.4, 0.5) is 9.18 Å². The summed E-state index contributed by atoms with van der Waals surface area (Å²) in [6.07, 6.45) is 1.25. The molecular weight excluding hydrogens is 325 g/mol. The van der Waals surface area contributed by atoms with Crippen molar-refractivity contribution in [1.29, 1.82) is 0 Å². The van der Waals surface area contributed by atoms with E-state index in [2.05, 4.69) is 10.3 Å². The Morgan fingerprint density at radius 3 is 2.78 bits per heavy atom. The van der Waals surface area contributed by atoms with Crippen LogP contribution in [0.1, 0.15) is 23.9 Å². The van der Waals surface area contributed by atoms with Gasteiger partial charge in [0.15, 0.2) is 6.39 Å². The minimum Gasteiger partial charge on any atom is -0.448 e. The van der Waals surface area contributed by atoms with Crippen molar-refractivity contribution < 1.29 is 18.4 Å². The van der Waals surface area contributed by atoms with Crippen molar-refractivity contribution >= 4 is 23.5 Å². The number of rotatable bonds is 3. The topological polar surface area (TPSA) is 75.4 Å². The fraction of sp³-hybridized carbons (Fsp3) is 0.267. The van der Waals surface area contributed by atoms with Crippen LogP contribution in [-0.4, -0.2) is 21.8 Å². The highest BCUT2D eigenvalue weighted by molar-refractivity contribution is 6.32. The van der Waals surface area contributed by atoms with E-state index in [0.29, 0.717) is 17.0 Å². The number of hydrogen-bond acceptors (Lipinski definition) is 4. The average Bonchev–Trinajstić information content (AvgIpc) is 2.96. The number of halogens is 2. The quantitative estimate of drug-likeness (QED) is 0.874. The maximum atomic E-state index is 13.2. The van der Waals surface area contributed by atoms with Crippen molar-refractivity contribution in [3.63, 3.8) is 0 Å². The molecule has 1 unspecified atom stereocenters. The summed E-state index contributed by atoms with van der Waals surface area (Å²) >= 11 is 6.04. The zero-order valence-electron chi connectivity index (χ0n) is 12.4. The van der Waals surface area contributed by atoms with Gasteiger partial charge in [-0.1, -0.05) is 17.7 Å². The minimum absolute atomic E-state index is 0.0125. The van der Waals surface area contributed by atoms with Crippen molar-refractivity contribution in [2.45, 2.75) is 25.9 Å². The lowest BCUT2D eigenvalue weighted by Gasteiger charge is -2.23. The lowest BCUT2D eigenvalue weighted by Crippen LogP contribution is -2.41. The molecule has 1 N–H and O–H groups in total. The van der Waals surface area contributed by atoms with Crippen LogP contribution in [0.5, 0.6) is 0 Å². The molecule has 0 spiro atoms. The van der Waals surface area contributed by atoms with Crippen molar-refractivity contribution in [1.82, 2.24) is 15.2 Å². The highest BCUT2D eigenvalue weighted by Crippen LogP contribution is 2.34. The van der Waals surface area contributed by atoms with E-state index >= 15 is 0 Å². The van der Waals surface area contributed by atoms with Gasteiger partial charge in [0.1, 0.15) is 22.8 Å². The van der Waals surface area contributed by atoms with Gasteiger partial charge in [-0.25, -0.2) is 14.2 Å². The van der Waals surface area contributed by atoms with E-state index in [9.17, 15) is 14.0 Å². The first kappa shape index (κ1) is 15.5. The Bertz CT molecular complexity index is 807. The van der Waals surface area contributed by atoms with Crippen molar-refractivity contribution in [2.75, 3.05) is 0 Å². The molecule has 1 aromatic heterocycles. The molecule has 0 bridgehead atoms. The molecule has 1 saturated heterocycles. The Morgan fingerprint density at radius 2 is 2.17 bits per heavy atom. The molecule has 3 amide bonds. The Labute approximate surface area is 136 Å². The van der Waals surface area contributed by atoms with Gasteiger partial charge in [-0.3, -0.25) is 9.69 Å². The summed E-state index contributed by atoms with van der Waals surface area (Å²) in [5.41, 5.74) is -0.541. The smallest absolute Gasteiger partial charge is 0.325 e. The molecule has 2 aromatic rings. The number of nitrogens with one attached hydrogen (secondary N) is 1. The largest absolute Gasteiger partial charge is 0.448 e. The number of amides is 3. The van der Waals surface area contributed by atoms with E-state index in [1.165, 1.54) is 25.5 Å². The van der Waals surface area contributed by atoms with Gasteiger partial charge in [-0.05, 0) is 26.0 Å². The number of hydrogen-bond donors (Lipinski definition) is 1. The van der Waals surface area contributed by atoms with Gasteiger partial charge in [0.2, 0.25) is 0 Å². The van der Waals surface area contributed by atoms with E-state index in [-0.39, 0.29) is 11.6 Å². The second kappa shape index (κ2) is 5.34. The minimum atomic E-state index is -1.36. The fourth-order valence-electron chi connectivity index (χ4n) is 2.55. The van der Waals surface area contributed by atoms with Crippen LogP contribution in [0.2, 0.25) is 5.02 Å². The fourth-order valence-corrected chi connectivity index (χ4v) is 2.90. The zero-order chi connectivity index (χ0) is 16.8. The molecule has 1 atom stereocenters. The first-order valence-electron chi connectivity index (χ1n) is 6.81. The van der Waals surface area contributed by atoms with Gasteiger partial charge in [0, 0.05) is 10.6 Å². The van der Waals surface area contributed by atoms with Crippen molar-refractivity contribution in [3.8, 4) is 0 Å². The molecule has 23 heavy (non-hydrogen) atoms. The standard InChI is InChI=1S/C15H13ClFN3O3/c1-8-12(18-7-23-8)6-20-13(21)15(2,19-14(20)22)10-4-3-9(17)5-11(10)16/h3-5,7H,6H2,1-2H3,(H,19,22). The van der Waals surface area contributed by atoms with E-state index < -0.39 is 23.3 Å². The van der Waals surface area contributed by atoms with Crippen LogP contribution < -0.4 is 5.32 Å². The summed E-state index contributed by atoms with van der Waals surface area (Å²) in [5.74, 6) is -0.480. The Hall–Kier alpha value is -2.41. The molecule has 6 nitrogen and oxygen atoms in total. The van der Waals surface area contributed by atoms with E-state index in [0.717, 1.165) is 11.0 Å². The van der Waals surface area contributed by atoms with E-state index in [1.54, 1.807) is 6.92 Å². The predicted molar refractivity (Wildman–Crippen MR) is 79.1 cm³/mol. The highest BCUT2D eigenvalue weighted by Gasteiger charge is 2.50. The zero-order valence-corrected chi connectivity index (χ0v) is 13.1. The molecule has 2 heterocycles. The molecule has 0 radical (unpaired) electrons. The molecule has 1 aliphatic rings. The van der Waals surface area contributed by atoms with Crippen LogP contribution in [0, 0.1) is 12.7 Å². The maximum absolute atomic E-state index is 13.2. The summed E-state index contributed by atoms with van der Waals surface area (Å²) in [6, 6.07) is 3.11. The molecule has 1 aliphatic heterocycles. The van der Waals surface area contributed by atoms with E-state index in [1.807, 2.05) is 0 Å². The Morgan fingerprint density at radius 1 is 1.43 bits per heavy atom. The van der Waals surface area contributed by atoms with Crippen molar-refractivity contribution in [3.05, 3.63) is 52.5 Å². The molecule has 1 fully saturated rings. The number of imide groups is 1. The lowest BCUT2D eigenvalue weighted by atomic mass is 9.92. The number of aromatic nitrogens is 1. The van der Waals surface area contributed by atoms with Crippen LogP contribution in [0.25, 0.3) is 0 Å². The third-order valence-corrected chi connectivity index (χ3v) is 4.21. The number of nitrogens with zero attached hydrogens (tertiary/aromatic N) is 2. The molecular formula is C15H13ClFN3O3. The summed E-state index contributed by atoms with van der Waals surface area (Å²) in [6.45, 7) is 3.21. The summed E-state index contributed by atoms with van der Waals surface area (Å²) in [7, 11) is 0. The monoisotopic (exact) mass is 337 g/mol. The average molecular weight is 338 g/mol. The molecule has 0 saturated carbocycles. The van der Waals surface area contributed by atoms with Gasteiger partial charge in [0.05, 0.1) is 6.54 Å². The number of aryl methyl sites for hydroxylation is 1. The number of carbonyl (C=O) groups is 2. The third-order valence-electron chi connectivity index (χ3n) is 3.90. The first-order chi connectivity index (χ1) is 10.8. The van der Waals surface area contributed by atoms with Gasteiger partial charge in [-0.15, -0.1) is 0 Å². The van der Waals surface area contributed by atoms with Crippen LogP contribution in [0.15, 0.2) is 29.0 Å². The van der Waals surface area contributed by atoms with Gasteiger partial charge < -0.3 is 9.73 Å². The molecule has 1 aromatic carbocycles. The number of benzene rings is 1. The van der Waals surface area contributed by atoms with Crippen LogP contribution >= 0.6 is 11.6 Å². The van der Waals surface area contributed by atoms with Gasteiger partial charge >= 0.3 is 6.03 Å². The highest BCUT2D eigenvalue weighted by atomic mass is 35.5. The van der Waals surface area contributed by atoms with Crippen molar-refractivity contribution in [2.24, 2.45) is 0 Å². The van der Waals surface area contributed by atoms with Gasteiger partial charge in [0.25, 0.3) is 5.91 Å². The molecule has 0 aliphatic carbocycles. The lowest BCUT2D eigenvalue weighted by molar-refractivity contribution is -0.131. The van der Waals surface area contributed by atoms with Crippen LogP contribution in [-0.2, 0) is 16.9 Å². The SMILES string of the molecule is Cc1ocnc1CN1C(=O)NC(C)(c2ccc(F)cc2Cl)C1=O. The number of carbonyl (C=O) groups excluding carboxylic acids is 2. The number of urea groups is 1. The van der Waals surface area contributed by atoms with Crippen LogP contribution in [0.3, 0.4) is 0 Å². The maximum Gasteiger partial charge on any atom is 0.325 e. The predicted octanol–water partition coefficient (Wildman–Crippen LogP) is 2.74. The van der Waals surface area contributed by atoms with E-state index in [4.69, 9.17) is 16.0 Å². The molecule has 8 heteroatoms.